The summed E-state index contributed by atoms with van der Waals surface area (Å²) in [5.41, 5.74) is 0. The maximum absolute atomic E-state index is 13.0. The molecule has 0 fully saturated rings. The van der Waals surface area contributed by atoms with Crippen LogP contribution in [0, 0.1) is 0 Å². The highest BCUT2D eigenvalue weighted by atomic mass is 28.4. The molecule has 0 aliphatic heterocycles. The maximum Gasteiger partial charge on any atom is 0.240 e. The summed E-state index contributed by atoms with van der Waals surface area (Å²) in [6, 6.07) is 0.858. The summed E-state index contributed by atoms with van der Waals surface area (Å²) in [5.74, 6) is 0. The molecule has 0 unspecified atom stereocenters. The minimum Gasteiger partial charge on any atom is -0.314 e. The van der Waals surface area contributed by atoms with E-state index in [9.17, 15) is 4.11 Å². The summed E-state index contributed by atoms with van der Waals surface area (Å²) < 4.78 is 13.0. The molecule has 0 N–H and O–H groups in total. The first-order valence-corrected chi connectivity index (χ1v) is 7.83. The molecule has 0 aromatic rings. The van der Waals surface area contributed by atoms with Crippen LogP contribution in [0.3, 0.4) is 0 Å². The minimum atomic E-state index is -2.22. The lowest BCUT2D eigenvalue weighted by Gasteiger charge is -2.09. The van der Waals surface area contributed by atoms with Crippen LogP contribution in [0.4, 0.5) is 4.11 Å². The Labute approximate surface area is 71.4 Å². The fourth-order valence-corrected chi connectivity index (χ4v) is 2.24. The van der Waals surface area contributed by atoms with Crippen molar-refractivity contribution < 1.29 is 4.11 Å². The fraction of sp³-hybridized carbons (Fsp3) is 1.00. The van der Waals surface area contributed by atoms with E-state index < -0.39 is 8.41 Å². The molecule has 0 aliphatic carbocycles. The van der Waals surface area contributed by atoms with Crippen LogP contribution in [0.5, 0.6) is 0 Å². The average Bonchev–Trinajstić information content (AvgIpc) is 1.85. The van der Waals surface area contributed by atoms with E-state index in [1.807, 2.05) is 0 Å². The Bertz CT molecular complexity index is 86.1. The van der Waals surface area contributed by atoms with Crippen LogP contribution in [-0.4, -0.2) is 8.41 Å². The topological polar surface area (TPSA) is 0 Å². The van der Waals surface area contributed by atoms with Crippen molar-refractivity contribution in [1.29, 1.82) is 0 Å². The predicted molar refractivity (Wildman–Crippen MR) is 52.2 cm³/mol. The van der Waals surface area contributed by atoms with E-state index in [0.29, 0.717) is 0 Å². The second kappa shape index (κ2) is 5.75. The first-order chi connectivity index (χ1) is 5.06. The summed E-state index contributed by atoms with van der Waals surface area (Å²) in [5, 5.41) is 0. The highest BCUT2D eigenvalue weighted by molar-refractivity contribution is 6.70. The lowest BCUT2D eigenvalue weighted by atomic mass is 10.2. The Morgan fingerprint density at radius 2 is 1.55 bits per heavy atom. The highest BCUT2D eigenvalue weighted by Gasteiger charge is 2.18. The summed E-state index contributed by atoms with van der Waals surface area (Å²) in [6.45, 7) is 5.80. The van der Waals surface area contributed by atoms with Gasteiger partial charge in [-0.05, 0) is 19.1 Å². The van der Waals surface area contributed by atoms with Crippen LogP contribution in [0.1, 0.15) is 39.0 Å². The van der Waals surface area contributed by atoms with Gasteiger partial charge < -0.3 is 4.11 Å². The van der Waals surface area contributed by atoms with Gasteiger partial charge in [0.25, 0.3) is 0 Å². The van der Waals surface area contributed by atoms with Crippen molar-refractivity contribution in [3.63, 3.8) is 0 Å². The monoisotopic (exact) mass is 176 g/mol. The van der Waals surface area contributed by atoms with Crippen molar-refractivity contribution in [3.8, 4) is 0 Å². The number of hydrogen-bond donors (Lipinski definition) is 0. The van der Waals surface area contributed by atoms with Crippen LogP contribution < -0.4 is 0 Å². The lowest BCUT2D eigenvalue weighted by molar-refractivity contribution is 0.641. The van der Waals surface area contributed by atoms with Crippen molar-refractivity contribution in [2.75, 3.05) is 0 Å². The first-order valence-electron chi connectivity index (χ1n) is 4.75. The van der Waals surface area contributed by atoms with Crippen LogP contribution in [0.15, 0.2) is 0 Å². The van der Waals surface area contributed by atoms with Gasteiger partial charge in [0.1, 0.15) is 0 Å². The molecule has 0 bridgehead atoms. The Morgan fingerprint density at radius 3 is 2.00 bits per heavy atom. The van der Waals surface area contributed by atoms with Gasteiger partial charge in [-0.1, -0.05) is 39.0 Å². The second-order valence-corrected chi connectivity index (χ2v) is 7.82. The quantitative estimate of drug-likeness (QED) is 0.324. The SMILES string of the molecule is CCCCCCC[Si](C)(C)F. The normalized spacial score (nSPS) is 12.0. The van der Waals surface area contributed by atoms with E-state index >= 15 is 0 Å². The van der Waals surface area contributed by atoms with Gasteiger partial charge in [0, 0.05) is 0 Å². The molecule has 68 valence electrons. The zero-order valence-corrected chi connectivity index (χ0v) is 9.12. The van der Waals surface area contributed by atoms with Crippen molar-refractivity contribution in [2.24, 2.45) is 0 Å². The van der Waals surface area contributed by atoms with Gasteiger partial charge >= 0.3 is 0 Å². The summed E-state index contributed by atoms with van der Waals surface area (Å²) in [7, 11) is -2.22. The van der Waals surface area contributed by atoms with Gasteiger partial charge in [0.15, 0.2) is 0 Å². The van der Waals surface area contributed by atoms with Crippen molar-refractivity contribution in [3.05, 3.63) is 0 Å². The molecule has 0 aromatic carbocycles. The zero-order chi connectivity index (χ0) is 8.74. The molecule has 11 heavy (non-hydrogen) atoms. The number of hydrogen-bond acceptors (Lipinski definition) is 0. The molecule has 0 aromatic heterocycles. The van der Waals surface area contributed by atoms with E-state index in [1.165, 1.54) is 25.7 Å². The third-order valence-electron chi connectivity index (χ3n) is 1.87. The van der Waals surface area contributed by atoms with Crippen molar-refractivity contribution in [2.45, 2.75) is 58.2 Å². The highest BCUT2D eigenvalue weighted by Crippen LogP contribution is 2.16. The van der Waals surface area contributed by atoms with E-state index in [2.05, 4.69) is 6.92 Å². The molecule has 0 spiro atoms. The molecule has 0 nitrogen and oxygen atoms in total. The summed E-state index contributed by atoms with van der Waals surface area (Å²) in [6.07, 6.45) is 6.22. The van der Waals surface area contributed by atoms with Gasteiger partial charge in [-0.15, -0.1) is 0 Å². The maximum atomic E-state index is 13.0. The molecular formula is C9H21FSi. The lowest BCUT2D eigenvalue weighted by Crippen LogP contribution is -2.16. The van der Waals surface area contributed by atoms with Gasteiger partial charge in [0.2, 0.25) is 8.41 Å². The van der Waals surface area contributed by atoms with Gasteiger partial charge in [-0.3, -0.25) is 0 Å². The predicted octanol–water partition coefficient (Wildman–Crippen LogP) is 4.13. The first kappa shape index (κ1) is 11.1. The molecule has 0 heterocycles. The van der Waals surface area contributed by atoms with E-state index in [1.54, 1.807) is 13.1 Å². The third-order valence-corrected chi connectivity index (χ3v) is 3.42. The molecule has 2 heteroatoms. The molecule has 0 aliphatic rings. The number of rotatable bonds is 6. The van der Waals surface area contributed by atoms with Crippen LogP contribution in [0.2, 0.25) is 19.1 Å². The summed E-state index contributed by atoms with van der Waals surface area (Å²) >= 11 is 0. The molecular weight excluding hydrogens is 155 g/mol. The van der Waals surface area contributed by atoms with Crippen LogP contribution in [-0.2, 0) is 0 Å². The Hall–Kier alpha value is 0.147. The Kier molecular flexibility index (Phi) is 5.83. The number of unbranched alkanes of at least 4 members (excludes halogenated alkanes) is 4. The number of halogens is 1. The standard InChI is InChI=1S/C9H21FSi/c1-4-5-6-7-8-9-11(2,3)10/h4-9H2,1-3H3. The molecule has 0 rings (SSSR count). The Balaban J connectivity index is 3.02. The van der Waals surface area contributed by atoms with Gasteiger partial charge in [-0.2, -0.15) is 0 Å². The van der Waals surface area contributed by atoms with E-state index in [0.717, 1.165) is 12.5 Å². The largest absolute Gasteiger partial charge is 0.314 e. The Morgan fingerprint density at radius 1 is 1.00 bits per heavy atom. The van der Waals surface area contributed by atoms with Crippen molar-refractivity contribution in [1.82, 2.24) is 0 Å². The van der Waals surface area contributed by atoms with Gasteiger partial charge in [0.05, 0.1) is 0 Å². The molecule has 0 radical (unpaired) electrons. The second-order valence-electron chi connectivity index (χ2n) is 3.88. The van der Waals surface area contributed by atoms with Gasteiger partial charge in [-0.25, -0.2) is 0 Å². The summed E-state index contributed by atoms with van der Waals surface area (Å²) in [4.78, 5) is 0. The minimum absolute atomic E-state index is 0.858. The fourth-order valence-electron chi connectivity index (χ4n) is 1.15. The van der Waals surface area contributed by atoms with Crippen LogP contribution >= 0.6 is 0 Å². The van der Waals surface area contributed by atoms with E-state index in [4.69, 9.17) is 0 Å². The molecule has 0 atom stereocenters. The third kappa shape index (κ3) is 10.1. The van der Waals surface area contributed by atoms with E-state index in [-0.39, 0.29) is 0 Å². The molecule has 0 saturated heterocycles. The zero-order valence-electron chi connectivity index (χ0n) is 8.12. The van der Waals surface area contributed by atoms with Crippen molar-refractivity contribution >= 4 is 8.41 Å². The van der Waals surface area contributed by atoms with Crippen LogP contribution in [0.25, 0.3) is 0 Å². The smallest absolute Gasteiger partial charge is 0.240 e. The average molecular weight is 176 g/mol. The molecule has 0 saturated carbocycles. The molecule has 0 amide bonds.